The summed E-state index contributed by atoms with van der Waals surface area (Å²) in [5.74, 6) is -1.66. The summed E-state index contributed by atoms with van der Waals surface area (Å²) in [6, 6.07) is 12.4. The fraction of sp³-hybridized carbons (Fsp3) is 0.136. The van der Waals surface area contributed by atoms with E-state index in [-0.39, 0.29) is 22.4 Å². The van der Waals surface area contributed by atoms with Gasteiger partial charge in [0.2, 0.25) is 0 Å². The molecule has 0 amide bonds. The van der Waals surface area contributed by atoms with Gasteiger partial charge in [0.05, 0.1) is 17.6 Å². The Morgan fingerprint density at radius 3 is 2.25 bits per heavy atom. The van der Waals surface area contributed by atoms with Gasteiger partial charge in [-0.2, -0.15) is 13.2 Å². The van der Waals surface area contributed by atoms with Gasteiger partial charge in [-0.1, -0.05) is 24.3 Å². The third-order valence-electron chi connectivity index (χ3n) is 4.52. The van der Waals surface area contributed by atoms with Crippen LogP contribution in [0.5, 0.6) is 5.75 Å². The van der Waals surface area contributed by atoms with Gasteiger partial charge < -0.3 is 9.47 Å². The number of nitrogens with zero attached hydrogens (tertiary/aromatic N) is 1. The summed E-state index contributed by atoms with van der Waals surface area (Å²) in [5.41, 5.74) is -1.06. The van der Waals surface area contributed by atoms with Gasteiger partial charge in [-0.25, -0.2) is 9.18 Å². The lowest BCUT2D eigenvalue weighted by molar-refractivity contribution is -0.384. The van der Waals surface area contributed by atoms with Crippen LogP contribution in [0.1, 0.15) is 33.2 Å². The van der Waals surface area contributed by atoms with E-state index < -0.39 is 40.2 Å². The number of alkyl halides is 3. The number of carbonyl (C=O) groups excluding carboxylic acids is 1. The molecule has 0 spiro atoms. The van der Waals surface area contributed by atoms with Crippen molar-refractivity contribution in [2.75, 3.05) is 7.11 Å². The van der Waals surface area contributed by atoms with Crippen LogP contribution in [0.25, 0.3) is 0 Å². The van der Waals surface area contributed by atoms with Crippen molar-refractivity contribution in [3.8, 4) is 5.75 Å². The zero-order valence-electron chi connectivity index (χ0n) is 16.4. The quantitative estimate of drug-likeness (QED) is 0.209. The molecule has 3 aromatic rings. The minimum atomic E-state index is -4.55. The predicted octanol–water partition coefficient (Wildman–Crippen LogP) is 5.71. The Bertz CT molecular complexity index is 1150. The normalized spacial score (nSPS) is 12.2. The molecule has 0 saturated carbocycles. The number of methoxy groups -OCH3 is 1. The standard InChI is InChI=1S/C22H15F4NO5/c1-31-21(28)18-12-17(27(29)30)9-10-19(18)32-20(14-3-2-4-16(23)11-14)13-5-7-15(8-6-13)22(24,25)26/h2-12,20H,1H3. The maximum absolute atomic E-state index is 13.9. The van der Waals surface area contributed by atoms with Crippen molar-refractivity contribution >= 4 is 11.7 Å². The van der Waals surface area contributed by atoms with Crippen LogP contribution < -0.4 is 4.74 Å². The van der Waals surface area contributed by atoms with Gasteiger partial charge in [-0.3, -0.25) is 10.1 Å². The second kappa shape index (κ2) is 9.04. The van der Waals surface area contributed by atoms with E-state index in [0.29, 0.717) is 0 Å². The topological polar surface area (TPSA) is 78.7 Å². The molecule has 166 valence electrons. The van der Waals surface area contributed by atoms with Crippen molar-refractivity contribution in [3.63, 3.8) is 0 Å². The number of nitro benzene ring substituents is 1. The predicted molar refractivity (Wildman–Crippen MR) is 105 cm³/mol. The molecule has 0 heterocycles. The Morgan fingerprint density at radius 2 is 1.69 bits per heavy atom. The van der Waals surface area contributed by atoms with E-state index in [1.807, 2.05) is 0 Å². The minimum absolute atomic E-state index is 0.128. The largest absolute Gasteiger partial charge is 0.480 e. The smallest absolute Gasteiger partial charge is 0.416 e. The molecule has 0 bridgehead atoms. The molecule has 1 atom stereocenters. The SMILES string of the molecule is COC(=O)c1cc([N+](=O)[O-])ccc1OC(c1ccc(C(F)(F)F)cc1)c1cccc(F)c1. The van der Waals surface area contributed by atoms with Crippen molar-refractivity contribution < 1.29 is 36.8 Å². The first-order chi connectivity index (χ1) is 15.1. The molecule has 0 aromatic heterocycles. The number of ether oxygens (including phenoxy) is 2. The van der Waals surface area contributed by atoms with E-state index in [4.69, 9.17) is 4.74 Å². The second-order valence-corrected chi connectivity index (χ2v) is 6.60. The van der Waals surface area contributed by atoms with E-state index in [1.54, 1.807) is 0 Å². The van der Waals surface area contributed by atoms with E-state index in [2.05, 4.69) is 4.74 Å². The third-order valence-corrected chi connectivity index (χ3v) is 4.52. The molecule has 0 N–H and O–H groups in total. The van der Waals surface area contributed by atoms with Crippen molar-refractivity contribution in [2.24, 2.45) is 0 Å². The fourth-order valence-electron chi connectivity index (χ4n) is 2.98. The molecule has 1 unspecified atom stereocenters. The maximum Gasteiger partial charge on any atom is 0.416 e. The molecule has 0 aliphatic rings. The third kappa shape index (κ3) is 5.02. The van der Waals surface area contributed by atoms with Gasteiger partial charge in [0.15, 0.2) is 0 Å². The van der Waals surface area contributed by atoms with Gasteiger partial charge in [-0.05, 0) is 41.5 Å². The Labute approximate surface area is 179 Å². The van der Waals surface area contributed by atoms with E-state index in [1.165, 1.54) is 36.4 Å². The van der Waals surface area contributed by atoms with Crippen LogP contribution in [-0.4, -0.2) is 18.0 Å². The van der Waals surface area contributed by atoms with Crippen LogP contribution in [-0.2, 0) is 10.9 Å². The van der Waals surface area contributed by atoms with Crippen molar-refractivity contribution in [2.45, 2.75) is 12.3 Å². The van der Waals surface area contributed by atoms with Crippen LogP contribution in [0.15, 0.2) is 66.7 Å². The van der Waals surface area contributed by atoms with Crippen LogP contribution in [0.3, 0.4) is 0 Å². The Balaban J connectivity index is 2.09. The molecular formula is C22H15F4NO5. The second-order valence-electron chi connectivity index (χ2n) is 6.60. The number of non-ortho nitro benzene ring substituents is 1. The summed E-state index contributed by atoms with van der Waals surface area (Å²) in [6.07, 6.45) is -5.68. The first kappa shape index (κ1) is 22.7. The highest BCUT2D eigenvalue weighted by Crippen LogP contribution is 2.35. The summed E-state index contributed by atoms with van der Waals surface area (Å²) < 4.78 is 63.2. The maximum atomic E-state index is 13.9. The first-order valence-electron chi connectivity index (χ1n) is 9.06. The summed E-state index contributed by atoms with van der Waals surface area (Å²) in [4.78, 5) is 22.5. The average Bonchev–Trinajstić information content (AvgIpc) is 2.76. The molecular weight excluding hydrogens is 434 g/mol. The lowest BCUT2D eigenvalue weighted by atomic mass is 9.99. The summed E-state index contributed by atoms with van der Waals surface area (Å²) in [6.45, 7) is 0. The number of halogens is 4. The molecule has 3 rings (SSSR count). The number of nitro groups is 1. The van der Waals surface area contributed by atoms with Gasteiger partial charge in [0, 0.05) is 12.1 Å². The van der Waals surface area contributed by atoms with E-state index in [0.717, 1.165) is 37.4 Å². The lowest BCUT2D eigenvalue weighted by Gasteiger charge is -2.22. The number of hydrogen-bond acceptors (Lipinski definition) is 5. The van der Waals surface area contributed by atoms with Crippen molar-refractivity contribution in [1.29, 1.82) is 0 Å². The summed E-state index contributed by atoms with van der Waals surface area (Å²) in [7, 11) is 1.07. The van der Waals surface area contributed by atoms with Crippen LogP contribution in [0.2, 0.25) is 0 Å². The average molecular weight is 449 g/mol. The molecule has 0 aliphatic heterocycles. The molecule has 6 nitrogen and oxygen atoms in total. The van der Waals surface area contributed by atoms with E-state index >= 15 is 0 Å². The molecule has 3 aromatic carbocycles. The fourth-order valence-corrected chi connectivity index (χ4v) is 2.98. The van der Waals surface area contributed by atoms with Gasteiger partial charge in [0.25, 0.3) is 5.69 Å². The van der Waals surface area contributed by atoms with Gasteiger partial charge in [0.1, 0.15) is 23.2 Å². The van der Waals surface area contributed by atoms with Gasteiger partial charge >= 0.3 is 12.1 Å². The zero-order valence-corrected chi connectivity index (χ0v) is 16.4. The highest BCUT2D eigenvalue weighted by Gasteiger charge is 2.31. The van der Waals surface area contributed by atoms with Crippen LogP contribution in [0.4, 0.5) is 23.2 Å². The Kier molecular flexibility index (Phi) is 6.42. The Morgan fingerprint density at radius 1 is 1.00 bits per heavy atom. The number of carbonyl (C=O) groups is 1. The molecule has 32 heavy (non-hydrogen) atoms. The monoisotopic (exact) mass is 449 g/mol. The minimum Gasteiger partial charge on any atom is -0.480 e. The molecule has 0 radical (unpaired) electrons. The van der Waals surface area contributed by atoms with Crippen LogP contribution in [0, 0.1) is 15.9 Å². The summed E-state index contributed by atoms with van der Waals surface area (Å²) >= 11 is 0. The highest BCUT2D eigenvalue weighted by molar-refractivity contribution is 5.93. The molecule has 0 saturated heterocycles. The van der Waals surface area contributed by atoms with Gasteiger partial charge in [-0.15, -0.1) is 0 Å². The highest BCUT2D eigenvalue weighted by atomic mass is 19.4. The first-order valence-corrected chi connectivity index (χ1v) is 9.06. The molecule has 0 aliphatic carbocycles. The number of benzene rings is 3. The zero-order chi connectivity index (χ0) is 23.5. The number of rotatable bonds is 6. The molecule has 10 heteroatoms. The van der Waals surface area contributed by atoms with E-state index in [9.17, 15) is 32.5 Å². The Hall–Kier alpha value is -3.95. The summed E-state index contributed by atoms with van der Waals surface area (Å²) in [5, 5.41) is 11.1. The van der Waals surface area contributed by atoms with Crippen molar-refractivity contribution in [1.82, 2.24) is 0 Å². The number of hydrogen-bond donors (Lipinski definition) is 0. The van der Waals surface area contributed by atoms with Crippen molar-refractivity contribution in [3.05, 3.63) is 105 Å². The number of esters is 1. The lowest BCUT2D eigenvalue weighted by Crippen LogP contribution is -2.14. The van der Waals surface area contributed by atoms with Crippen LogP contribution >= 0.6 is 0 Å². The molecule has 0 fully saturated rings.